The maximum Gasteiger partial charge on any atom is 0.143 e. The highest BCUT2D eigenvalue weighted by Crippen LogP contribution is 2.33. The van der Waals surface area contributed by atoms with Crippen molar-refractivity contribution in [2.45, 2.75) is 25.4 Å². The van der Waals surface area contributed by atoms with Crippen LogP contribution in [0.15, 0.2) is 24.7 Å². The van der Waals surface area contributed by atoms with E-state index in [4.69, 9.17) is 5.26 Å². The summed E-state index contributed by atoms with van der Waals surface area (Å²) < 4.78 is 3.65. The number of likely N-dealkylation sites (tertiary alicyclic amines) is 1. The Labute approximate surface area is 156 Å². The summed E-state index contributed by atoms with van der Waals surface area (Å²) in [6.45, 7) is 6.33. The second-order valence-corrected chi connectivity index (χ2v) is 7.42. The van der Waals surface area contributed by atoms with Gasteiger partial charge >= 0.3 is 0 Å². The molecule has 2 N–H and O–H groups in total. The van der Waals surface area contributed by atoms with Crippen molar-refractivity contribution in [1.82, 2.24) is 29.6 Å². The van der Waals surface area contributed by atoms with Crippen LogP contribution in [0.5, 0.6) is 5.75 Å². The Kier molecular flexibility index (Phi) is 3.67. The molecule has 0 bridgehead atoms. The summed E-state index contributed by atoms with van der Waals surface area (Å²) in [6.07, 6.45) is 6.38. The molecule has 8 nitrogen and oxygen atoms in total. The van der Waals surface area contributed by atoms with Crippen molar-refractivity contribution in [1.29, 1.82) is 5.26 Å². The van der Waals surface area contributed by atoms with E-state index in [1.807, 2.05) is 12.4 Å². The van der Waals surface area contributed by atoms with E-state index in [1.165, 1.54) is 12.6 Å². The molecule has 0 aliphatic carbocycles. The highest BCUT2D eigenvalue weighted by molar-refractivity contribution is 5.75. The van der Waals surface area contributed by atoms with E-state index in [-0.39, 0.29) is 5.75 Å². The minimum atomic E-state index is 0.0530. The molecule has 0 aromatic carbocycles. The van der Waals surface area contributed by atoms with Crippen LogP contribution in [0.3, 0.4) is 0 Å². The summed E-state index contributed by atoms with van der Waals surface area (Å²) in [5, 5.41) is 31.7. The summed E-state index contributed by atoms with van der Waals surface area (Å²) in [5.41, 5.74) is 3.69. The van der Waals surface area contributed by atoms with E-state index < -0.39 is 0 Å². The van der Waals surface area contributed by atoms with Gasteiger partial charge in [0.25, 0.3) is 0 Å². The molecule has 1 atom stereocenters. The van der Waals surface area contributed by atoms with Gasteiger partial charge in [0.1, 0.15) is 22.9 Å². The van der Waals surface area contributed by atoms with Gasteiger partial charge in [-0.2, -0.15) is 15.5 Å². The topological polar surface area (TPSA) is 94.4 Å². The van der Waals surface area contributed by atoms with Gasteiger partial charge in [-0.25, -0.2) is 4.52 Å². The SMILES string of the molecule is Cc1c(-c2cc(O)c3c(C#N)cnn3c2)cnn1C1CN([C@H]2CCNC2)C1. The third-order valence-electron chi connectivity index (χ3n) is 5.85. The standard InChI is InChI=1S/C19H21N7O/c1-12-17(13-4-18(27)19-14(5-20)6-22-25(19)9-13)8-23-26(12)16-10-24(11-16)15-2-3-21-7-15/h4,6,8-9,15-16,21,27H,2-3,7,10-11H2,1H3/t15-/m0/s1. The number of aromatic hydroxyl groups is 1. The molecule has 3 aromatic heterocycles. The maximum absolute atomic E-state index is 10.4. The molecule has 2 saturated heterocycles. The molecule has 2 aliphatic rings. The molecule has 5 heterocycles. The maximum atomic E-state index is 10.4. The molecule has 0 spiro atoms. The number of hydrogen-bond donors (Lipinski definition) is 2. The number of pyridine rings is 1. The first-order valence-corrected chi connectivity index (χ1v) is 9.25. The van der Waals surface area contributed by atoms with E-state index in [9.17, 15) is 5.11 Å². The van der Waals surface area contributed by atoms with E-state index in [1.54, 1.807) is 10.6 Å². The van der Waals surface area contributed by atoms with Gasteiger partial charge in [0.15, 0.2) is 0 Å². The molecule has 0 unspecified atom stereocenters. The first-order chi connectivity index (χ1) is 13.2. The van der Waals surface area contributed by atoms with E-state index in [2.05, 4.69) is 38.1 Å². The molecule has 8 heteroatoms. The van der Waals surface area contributed by atoms with Crippen molar-refractivity contribution in [3.63, 3.8) is 0 Å². The predicted octanol–water partition coefficient (Wildman–Crippen LogP) is 1.30. The lowest BCUT2D eigenvalue weighted by atomic mass is 10.0. The number of nitriles is 1. The fourth-order valence-electron chi connectivity index (χ4n) is 4.30. The van der Waals surface area contributed by atoms with Gasteiger partial charge in [0, 0.05) is 48.7 Å². The van der Waals surface area contributed by atoms with Crippen molar-refractivity contribution in [3.8, 4) is 22.9 Å². The third-order valence-corrected chi connectivity index (χ3v) is 5.85. The van der Waals surface area contributed by atoms with E-state index in [0.29, 0.717) is 23.2 Å². The fourth-order valence-corrected chi connectivity index (χ4v) is 4.30. The molecule has 2 aliphatic heterocycles. The van der Waals surface area contributed by atoms with Crippen LogP contribution in [0, 0.1) is 18.3 Å². The average Bonchev–Trinajstić information content (AvgIpc) is 3.34. The fraction of sp³-hybridized carbons (Fsp3) is 0.421. The number of aromatic nitrogens is 4. The van der Waals surface area contributed by atoms with Crippen LogP contribution in [0.25, 0.3) is 16.6 Å². The van der Waals surface area contributed by atoms with Gasteiger partial charge in [0.2, 0.25) is 0 Å². The number of nitrogens with one attached hydrogen (secondary N) is 1. The van der Waals surface area contributed by atoms with Crippen molar-refractivity contribution < 1.29 is 5.11 Å². The first kappa shape index (κ1) is 16.3. The normalized spacial score (nSPS) is 20.8. The minimum Gasteiger partial charge on any atom is -0.506 e. The van der Waals surface area contributed by atoms with Gasteiger partial charge in [-0.3, -0.25) is 9.58 Å². The largest absolute Gasteiger partial charge is 0.506 e. The van der Waals surface area contributed by atoms with E-state index >= 15 is 0 Å². The molecule has 5 rings (SSSR count). The average molecular weight is 363 g/mol. The Morgan fingerprint density at radius 1 is 1.26 bits per heavy atom. The number of fused-ring (bicyclic) bond motifs is 1. The zero-order chi connectivity index (χ0) is 18.5. The van der Waals surface area contributed by atoms with Crippen LogP contribution in [0.2, 0.25) is 0 Å². The molecular weight excluding hydrogens is 342 g/mol. The second-order valence-electron chi connectivity index (χ2n) is 7.42. The van der Waals surface area contributed by atoms with Crippen LogP contribution in [-0.4, -0.2) is 61.6 Å². The minimum absolute atomic E-state index is 0.0530. The lowest BCUT2D eigenvalue weighted by Crippen LogP contribution is -2.53. The molecule has 0 saturated carbocycles. The van der Waals surface area contributed by atoms with Gasteiger partial charge < -0.3 is 10.4 Å². The second kappa shape index (κ2) is 6.08. The van der Waals surface area contributed by atoms with Crippen molar-refractivity contribution >= 4 is 5.52 Å². The molecule has 2 fully saturated rings. The first-order valence-electron chi connectivity index (χ1n) is 9.25. The summed E-state index contributed by atoms with van der Waals surface area (Å²) in [7, 11) is 0. The zero-order valence-corrected chi connectivity index (χ0v) is 15.1. The van der Waals surface area contributed by atoms with Crippen molar-refractivity contribution in [2.24, 2.45) is 0 Å². The molecule has 138 valence electrons. The predicted molar refractivity (Wildman–Crippen MR) is 99.4 cm³/mol. The Balaban J connectivity index is 1.42. The smallest absolute Gasteiger partial charge is 0.143 e. The number of hydrogen-bond acceptors (Lipinski definition) is 6. The monoisotopic (exact) mass is 363 g/mol. The Hall–Kier alpha value is -2.89. The third kappa shape index (κ3) is 2.51. The highest BCUT2D eigenvalue weighted by Gasteiger charge is 2.35. The van der Waals surface area contributed by atoms with Crippen LogP contribution >= 0.6 is 0 Å². The van der Waals surface area contributed by atoms with Crippen LogP contribution in [0.4, 0.5) is 0 Å². The molecule has 27 heavy (non-hydrogen) atoms. The van der Waals surface area contributed by atoms with Gasteiger partial charge in [-0.1, -0.05) is 0 Å². The zero-order valence-electron chi connectivity index (χ0n) is 15.1. The summed E-state index contributed by atoms with van der Waals surface area (Å²) in [4.78, 5) is 2.52. The van der Waals surface area contributed by atoms with E-state index in [0.717, 1.165) is 43.0 Å². The van der Waals surface area contributed by atoms with Gasteiger partial charge in [-0.05, 0) is 26.0 Å². The molecule has 3 aromatic rings. The molecular formula is C19H21N7O. The molecule has 0 radical (unpaired) electrons. The van der Waals surface area contributed by atoms with Crippen molar-refractivity contribution in [2.75, 3.05) is 26.2 Å². The van der Waals surface area contributed by atoms with Crippen LogP contribution in [0.1, 0.15) is 23.7 Å². The summed E-state index contributed by atoms with van der Waals surface area (Å²) in [5.74, 6) is 0.0530. The van der Waals surface area contributed by atoms with Crippen molar-refractivity contribution in [3.05, 3.63) is 35.9 Å². The number of nitrogens with zero attached hydrogens (tertiary/aromatic N) is 6. The van der Waals surface area contributed by atoms with Gasteiger partial charge in [0.05, 0.1) is 18.4 Å². The number of rotatable bonds is 3. The van der Waals surface area contributed by atoms with Gasteiger partial charge in [-0.15, -0.1) is 0 Å². The lowest BCUT2D eigenvalue weighted by molar-refractivity contribution is 0.0595. The Morgan fingerprint density at radius 2 is 2.11 bits per heavy atom. The van der Waals surface area contributed by atoms with Crippen LogP contribution < -0.4 is 5.32 Å². The lowest BCUT2D eigenvalue weighted by Gasteiger charge is -2.43. The summed E-state index contributed by atoms with van der Waals surface area (Å²) >= 11 is 0. The molecule has 0 amide bonds. The Morgan fingerprint density at radius 3 is 2.85 bits per heavy atom. The quantitative estimate of drug-likeness (QED) is 0.728. The Bertz CT molecular complexity index is 1050. The highest BCUT2D eigenvalue weighted by atomic mass is 16.3. The van der Waals surface area contributed by atoms with Crippen LogP contribution in [-0.2, 0) is 0 Å². The summed E-state index contributed by atoms with van der Waals surface area (Å²) in [6, 6.07) is 4.79.